The first-order chi connectivity index (χ1) is 13.1. The second-order valence-electron chi connectivity index (χ2n) is 7.56. The van der Waals surface area contributed by atoms with Gasteiger partial charge >= 0.3 is 0 Å². The van der Waals surface area contributed by atoms with Crippen LogP contribution >= 0.6 is 0 Å². The first kappa shape index (κ1) is 19.4. The van der Waals surface area contributed by atoms with Crippen LogP contribution in [0.15, 0.2) is 48.5 Å². The summed E-state index contributed by atoms with van der Waals surface area (Å²) in [4.78, 5) is 12.3. The molecule has 1 atom stereocenters. The lowest BCUT2D eigenvalue weighted by Crippen LogP contribution is -2.42. The van der Waals surface area contributed by atoms with Crippen LogP contribution in [0, 0.1) is 12.8 Å². The van der Waals surface area contributed by atoms with E-state index in [9.17, 15) is 4.79 Å². The quantitative estimate of drug-likeness (QED) is 0.787. The van der Waals surface area contributed by atoms with Gasteiger partial charge in [-0.05, 0) is 69.5 Å². The van der Waals surface area contributed by atoms with Crippen LogP contribution in [-0.2, 0) is 17.8 Å². The van der Waals surface area contributed by atoms with Gasteiger partial charge in [-0.15, -0.1) is 0 Å². The van der Waals surface area contributed by atoms with Gasteiger partial charge in [-0.1, -0.05) is 42.0 Å². The topological polar surface area (TPSA) is 50.4 Å². The molecule has 0 bridgehead atoms. The number of rotatable bonds is 7. The molecule has 3 rings (SSSR count). The van der Waals surface area contributed by atoms with Crippen molar-refractivity contribution in [1.82, 2.24) is 10.6 Å². The second kappa shape index (κ2) is 9.56. The minimum atomic E-state index is 0.131. The van der Waals surface area contributed by atoms with E-state index in [1.807, 2.05) is 12.1 Å². The first-order valence-corrected chi connectivity index (χ1v) is 9.88. The Hall–Kier alpha value is -2.33. The van der Waals surface area contributed by atoms with Crippen molar-refractivity contribution < 1.29 is 9.53 Å². The average molecular weight is 367 g/mol. The van der Waals surface area contributed by atoms with Crippen molar-refractivity contribution in [3.63, 3.8) is 0 Å². The minimum absolute atomic E-state index is 0.131. The van der Waals surface area contributed by atoms with Crippen molar-refractivity contribution in [3.8, 4) is 5.75 Å². The van der Waals surface area contributed by atoms with Gasteiger partial charge in [0.25, 0.3) is 0 Å². The summed E-state index contributed by atoms with van der Waals surface area (Å²) in [5, 5.41) is 6.47. The zero-order valence-electron chi connectivity index (χ0n) is 16.3. The number of aryl methyl sites for hydroxylation is 1. The molecule has 0 saturated carbocycles. The highest BCUT2D eigenvalue weighted by Crippen LogP contribution is 2.16. The Morgan fingerprint density at radius 3 is 2.37 bits per heavy atom. The molecule has 1 aliphatic heterocycles. The minimum Gasteiger partial charge on any atom is -0.489 e. The molecule has 27 heavy (non-hydrogen) atoms. The van der Waals surface area contributed by atoms with Crippen LogP contribution in [0.4, 0.5) is 0 Å². The SMILES string of the molecule is Cc1ccc(COc2ccc(CC(C)NC(=O)C3CCNCC3)cc2)cc1. The molecule has 1 fully saturated rings. The van der Waals surface area contributed by atoms with Gasteiger partial charge in [0.2, 0.25) is 5.91 Å². The molecule has 1 amide bonds. The van der Waals surface area contributed by atoms with E-state index in [1.54, 1.807) is 0 Å². The molecule has 0 aliphatic carbocycles. The lowest BCUT2D eigenvalue weighted by molar-refractivity contribution is -0.126. The number of piperidine rings is 1. The van der Waals surface area contributed by atoms with E-state index in [-0.39, 0.29) is 17.9 Å². The number of carbonyl (C=O) groups excluding carboxylic acids is 1. The van der Waals surface area contributed by atoms with Crippen molar-refractivity contribution in [2.24, 2.45) is 5.92 Å². The molecule has 1 heterocycles. The lowest BCUT2D eigenvalue weighted by Gasteiger charge is -2.24. The normalized spacial score (nSPS) is 15.9. The van der Waals surface area contributed by atoms with Gasteiger partial charge in [-0.25, -0.2) is 0 Å². The Morgan fingerprint density at radius 1 is 1.07 bits per heavy atom. The van der Waals surface area contributed by atoms with Crippen LogP contribution in [0.5, 0.6) is 5.75 Å². The summed E-state index contributed by atoms with van der Waals surface area (Å²) in [6.07, 6.45) is 2.70. The van der Waals surface area contributed by atoms with E-state index in [1.165, 1.54) is 16.7 Å². The maximum atomic E-state index is 12.3. The molecule has 4 heteroatoms. The molecule has 144 valence electrons. The number of benzene rings is 2. The van der Waals surface area contributed by atoms with Crippen LogP contribution in [0.3, 0.4) is 0 Å². The third kappa shape index (κ3) is 6.10. The van der Waals surface area contributed by atoms with Crippen molar-refractivity contribution in [3.05, 3.63) is 65.2 Å². The van der Waals surface area contributed by atoms with Gasteiger partial charge in [0, 0.05) is 12.0 Å². The second-order valence-corrected chi connectivity index (χ2v) is 7.56. The Balaban J connectivity index is 1.45. The van der Waals surface area contributed by atoms with E-state index in [4.69, 9.17) is 4.74 Å². The van der Waals surface area contributed by atoms with Gasteiger partial charge in [0.05, 0.1) is 0 Å². The molecule has 0 radical (unpaired) electrons. The van der Waals surface area contributed by atoms with Crippen molar-refractivity contribution in [1.29, 1.82) is 0 Å². The van der Waals surface area contributed by atoms with Crippen molar-refractivity contribution >= 4 is 5.91 Å². The lowest BCUT2D eigenvalue weighted by atomic mass is 9.96. The fourth-order valence-corrected chi connectivity index (χ4v) is 3.42. The largest absolute Gasteiger partial charge is 0.489 e. The highest BCUT2D eigenvalue weighted by molar-refractivity contribution is 5.79. The van der Waals surface area contributed by atoms with Crippen molar-refractivity contribution in [2.45, 2.75) is 45.8 Å². The maximum absolute atomic E-state index is 12.3. The zero-order valence-corrected chi connectivity index (χ0v) is 16.3. The standard InChI is InChI=1S/C23H30N2O2/c1-17-3-5-20(6-4-17)16-27-22-9-7-19(8-10-22)15-18(2)25-23(26)21-11-13-24-14-12-21/h3-10,18,21,24H,11-16H2,1-2H3,(H,25,26). The number of amides is 1. The molecule has 2 aromatic rings. The summed E-state index contributed by atoms with van der Waals surface area (Å²) in [6, 6.07) is 16.7. The monoisotopic (exact) mass is 366 g/mol. The molecule has 0 spiro atoms. The van der Waals surface area contributed by atoms with Gasteiger partial charge in [-0.3, -0.25) is 4.79 Å². The molecular weight excluding hydrogens is 336 g/mol. The Kier molecular flexibility index (Phi) is 6.88. The van der Waals surface area contributed by atoms with E-state index in [0.29, 0.717) is 6.61 Å². The van der Waals surface area contributed by atoms with Gasteiger partial charge < -0.3 is 15.4 Å². The zero-order chi connectivity index (χ0) is 19.1. The third-order valence-corrected chi connectivity index (χ3v) is 5.09. The summed E-state index contributed by atoms with van der Waals surface area (Å²) >= 11 is 0. The highest BCUT2D eigenvalue weighted by Gasteiger charge is 2.21. The first-order valence-electron chi connectivity index (χ1n) is 9.88. The molecular formula is C23H30N2O2. The van der Waals surface area contributed by atoms with E-state index in [0.717, 1.165) is 38.1 Å². The summed E-state index contributed by atoms with van der Waals surface area (Å²) in [6.45, 7) is 6.61. The molecule has 0 aromatic heterocycles. The molecule has 2 aromatic carbocycles. The molecule has 4 nitrogen and oxygen atoms in total. The maximum Gasteiger partial charge on any atom is 0.223 e. The highest BCUT2D eigenvalue weighted by atomic mass is 16.5. The number of carbonyl (C=O) groups is 1. The van der Waals surface area contributed by atoms with Gasteiger partial charge in [0.15, 0.2) is 0 Å². The summed E-state index contributed by atoms with van der Waals surface area (Å²) in [5.41, 5.74) is 3.62. The van der Waals surface area contributed by atoms with Crippen LogP contribution < -0.4 is 15.4 Å². The summed E-state index contributed by atoms with van der Waals surface area (Å²) in [5.74, 6) is 1.22. The van der Waals surface area contributed by atoms with Crippen LogP contribution in [0.1, 0.15) is 36.5 Å². The molecule has 1 aliphatic rings. The fraction of sp³-hybridized carbons (Fsp3) is 0.435. The van der Waals surface area contributed by atoms with Crippen molar-refractivity contribution in [2.75, 3.05) is 13.1 Å². The molecule has 1 unspecified atom stereocenters. The Labute approximate surface area is 162 Å². The van der Waals surface area contributed by atoms with E-state index in [2.05, 4.69) is 60.9 Å². The third-order valence-electron chi connectivity index (χ3n) is 5.09. The summed E-state index contributed by atoms with van der Waals surface area (Å²) < 4.78 is 5.86. The van der Waals surface area contributed by atoms with E-state index >= 15 is 0 Å². The predicted molar refractivity (Wildman–Crippen MR) is 109 cm³/mol. The van der Waals surface area contributed by atoms with Crippen LogP contribution in [0.25, 0.3) is 0 Å². The van der Waals surface area contributed by atoms with Crippen LogP contribution in [-0.4, -0.2) is 25.0 Å². The average Bonchev–Trinajstić information content (AvgIpc) is 2.69. The molecule has 1 saturated heterocycles. The number of hydrogen-bond donors (Lipinski definition) is 2. The fourth-order valence-electron chi connectivity index (χ4n) is 3.42. The predicted octanol–water partition coefficient (Wildman–Crippen LogP) is 3.62. The Morgan fingerprint density at radius 2 is 1.70 bits per heavy atom. The summed E-state index contributed by atoms with van der Waals surface area (Å²) in [7, 11) is 0. The van der Waals surface area contributed by atoms with Gasteiger partial charge in [-0.2, -0.15) is 0 Å². The number of ether oxygens (including phenoxy) is 1. The number of hydrogen-bond acceptors (Lipinski definition) is 3. The number of nitrogens with one attached hydrogen (secondary N) is 2. The Bertz CT molecular complexity index is 719. The smallest absolute Gasteiger partial charge is 0.223 e. The van der Waals surface area contributed by atoms with Gasteiger partial charge in [0.1, 0.15) is 12.4 Å². The van der Waals surface area contributed by atoms with Crippen LogP contribution in [0.2, 0.25) is 0 Å². The molecule has 2 N–H and O–H groups in total. The van der Waals surface area contributed by atoms with E-state index < -0.39 is 0 Å².